The normalized spacial score (nSPS) is 16.3. The fourth-order valence-electron chi connectivity index (χ4n) is 3.37. The van der Waals surface area contributed by atoms with Crippen LogP contribution in [0.2, 0.25) is 0 Å². The molecule has 2 aliphatic heterocycles. The van der Waals surface area contributed by atoms with Gasteiger partial charge in [0.15, 0.2) is 5.84 Å². The zero-order valence-corrected chi connectivity index (χ0v) is 21.0. The van der Waals surface area contributed by atoms with E-state index >= 15 is 0 Å². The average molecular weight is 539 g/mol. The predicted molar refractivity (Wildman–Crippen MR) is 141 cm³/mol. The number of ether oxygens (including phenoxy) is 2. The number of aliphatic imine (C=N–C) groups is 1. The molecular formula is C25H23BrN4O3S. The molecule has 2 aromatic carbocycles. The van der Waals surface area contributed by atoms with Gasteiger partial charge in [0, 0.05) is 10.0 Å². The summed E-state index contributed by atoms with van der Waals surface area (Å²) in [6.07, 6.45) is 4.90. The molecule has 2 aliphatic rings. The van der Waals surface area contributed by atoms with Gasteiger partial charge in [-0.15, -0.1) is 6.58 Å². The second-order valence-corrected chi connectivity index (χ2v) is 9.30. The van der Waals surface area contributed by atoms with Gasteiger partial charge >= 0.3 is 0 Å². The van der Waals surface area contributed by atoms with Crippen molar-refractivity contribution >= 4 is 55.7 Å². The second-order valence-electron chi connectivity index (χ2n) is 7.35. The summed E-state index contributed by atoms with van der Waals surface area (Å²) in [5.41, 5.74) is 1.87. The van der Waals surface area contributed by atoms with E-state index in [1.54, 1.807) is 6.08 Å². The van der Waals surface area contributed by atoms with E-state index in [2.05, 4.69) is 32.6 Å². The van der Waals surface area contributed by atoms with Gasteiger partial charge in [0.25, 0.3) is 5.91 Å². The van der Waals surface area contributed by atoms with Gasteiger partial charge in [0.1, 0.15) is 29.8 Å². The van der Waals surface area contributed by atoms with Gasteiger partial charge in [0.2, 0.25) is 5.17 Å². The molecule has 0 saturated heterocycles. The Hall–Kier alpha value is -3.17. The first-order chi connectivity index (χ1) is 16.5. The molecule has 0 atom stereocenters. The molecule has 0 unspecified atom stereocenters. The summed E-state index contributed by atoms with van der Waals surface area (Å²) >= 11 is 4.79. The number of thioether (sulfide) groups is 1. The van der Waals surface area contributed by atoms with Crippen LogP contribution >= 0.6 is 27.7 Å². The van der Waals surface area contributed by atoms with E-state index in [9.17, 15) is 4.79 Å². The number of nitrogens with one attached hydrogen (secondary N) is 1. The summed E-state index contributed by atoms with van der Waals surface area (Å²) in [6.45, 7) is 6.41. The van der Waals surface area contributed by atoms with Crippen LogP contribution in [0.25, 0.3) is 6.08 Å². The predicted octanol–water partition coefficient (Wildman–Crippen LogP) is 5.66. The Bertz CT molecular complexity index is 1240. The maximum absolute atomic E-state index is 12.7. The highest BCUT2D eigenvalue weighted by Crippen LogP contribution is 2.31. The molecule has 0 aromatic heterocycles. The fourth-order valence-corrected chi connectivity index (χ4v) is 4.57. The van der Waals surface area contributed by atoms with Crippen molar-refractivity contribution in [1.82, 2.24) is 5.01 Å². The maximum Gasteiger partial charge on any atom is 0.283 e. The summed E-state index contributed by atoms with van der Waals surface area (Å²) in [7, 11) is 0. The second kappa shape index (κ2) is 10.8. The molecule has 1 N–H and O–H groups in total. The molecule has 9 heteroatoms. The van der Waals surface area contributed by atoms with E-state index in [0.29, 0.717) is 36.1 Å². The Labute approximate surface area is 210 Å². The largest absolute Gasteiger partial charge is 0.490 e. The lowest BCUT2D eigenvalue weighted by Crippen LogP contribution is -2.35. The van der Waals surface area contributed by atoms with E-state index in [1.165, 1.54) is 16.8 Å². The minimum atomic E-state index is -0.468. The van der Waals surface area contributed by atoms with Crippen molar-refractivity contribution in [3.63, 3.8) is 0 Å². The van der Waals surface area contributed by atoms with Crippen molar-refractivity contribution in [1.29, 1.82) is 5.41 Å². The molecule has 2 heterocycles. The lowest BCUT2D eigenvalue weighted by atomic mass is 10.1. The topological polar surface area (TPSA) is 87.3 Å². The third-order valence-corrected chi connectivity index (χ3v) is 6.55. The van der Waals surface area contributed by atoms with Crippen molar-refractivity contribution in [2.24, 2.45) is 10.1 Å². The first-order valence-corrected chi connectivity index (χ1v) is 12.3. The molecule has 34 heavy (non-hydrogen) atoms. The molecule has 2 aromatic rings. The van der Waals surface area contributed by atoms with Crippen LogP contribution in [0, 0.1) is 5.41 Å². The van der Waals surface area contributed by atoms with Gasteiger partial charge in [-0.3, -0.25) is 10.2 Å². The molecule has 0 saturated carbocycles. The number of halogens is 1. The first kappa shape index (κ1) is 24.0. The monoisotopic (exact) mass is 538 g/mol. The highest BCUT2D eigenvalue weighted by molar-refractivity contribution is 9.10. The lowest BCUT2D eigenvalue weighted by molar-refractivity contribution is -0.114. The number of carbonyl (C=O) groups is 1. The Morgan fingerprint density at radius 3 is 2.71 bits per heavy atom. The summed E-state index contributed by atoms with van der Waals surface area (Å²) in [4.78, 5) is 16.8. The van der Waals surface area contributed by atoms with Crippen LogP contribution in [0.3, 0.4) is 0 Å². The van der Waals surface area contributed by atoms with Crippen LogP contribution in [-0.4, -0.2) is 40.2 Å². The van der Waals surface area contributed by atoms with Crippen molar-refractivity contribution in [3.8, 4) is 11.5 Å². The number of amides is 1. The summed E-state index contributed by atoms with van der Waals surface area (Å²) < 4.78 is 12.7. The Morgan fingerprint density at radius 1 is 1.18 bits per heavy atom. The number of fused-ring (bicyclic) bond motifs is 1. The number of carbonyl (C=O) groups excluding carboxylic acids is 1. The molecule has 0 bridgehead atoms. The van der Waals surface area contributed by atoms with Gasteiger partial charge in [-0.2, -0.15) is 15.1 Å². The number of hydrogen-bond acceptors (Lipinski definition) is 6. The van der Waals surface area contributed by atoms with Crippen molar-refractivity contribution < 1.29 is 14.3 Å². The van der Waals surface area contributed by atoms with Crippen molar-refractivity contribution in [2.75, 3.05) is 13.2 Å². The molecule has 0 aliphatic carbocycles. The van der Waals surface area contributed by atoms with Gasteiger partial charge < -0.3 is 9.47 Å². The van der Waals surface area contributed by atoms with Gasteiger partial charge in [-0.05, 0) is 60.5 Å². The molecule has 1 amide bonds. The number of amidine groups is 2. The summed E-state index contributed by atoms with van der Waals surface area (Å²) in [5.74, 6) is 0.903. The van der Waals surface area contributed by atoms with Crippen LogP contribution in [0.4, 0.5) is 0 Å². The SMILES string of the molecule is C=CCc1ccccc1OCCOc1ccc(Br)cc1/C=C1/C(=N)N2N=C(CC)SC2=NC1=O. The van der Waals surface area contributed by atoms with Gasteiger partial charge in [0.05, 0.1) is 5.57 Å². The van der Waals surface area contributed by atoms with Gasteiger partial charge in [-0.1, -0.05) is 47.1 Å². The highest BCUT2D eigenvalue weighted by atomic mass is 79.9. The lowest BCUT2D eigenvalue weighted by Gasteiger charge is -2.20. The Balaban J connectivity index is 1.49. The molecule has 7 nitrogen and oxygen atoms in total. The van der Waals surface area contributed by atoms with E-state index in [1.807, 2.05) is 55.5 Å². The Kier molecular flexibility index (Phi) is 7.64. The Morgan fingerprint density at radius 2 is 1.94 bits per heavy atom. The van der Waals surface area contributed by atoms with Crippen LogP contribution < -0.4 is 9.47 Å². The quantitative estimate of drug-likeness (QED) is 0.252. The van der Waals surface area contributed by atoms with Crippen LogP contribution in [0.15, 0.2) is 75.3 Å². The molecule has 0 fully saturated rings. The standard InChI is InChI=1S/C25H23BrN4O3S/c1-3-7-16-8-5-6-9-20(16)32-12-13-33-21-11-10-18(26)14-17(21)15-19-23(27)30-25(28-24(19)31)34-22(4-2)29-30/h3,5-6,8-11,14-15,27H,1,4,7,12-13H2,2H3/b19-15-,27-23?. The molecular weight excluding hydrogens is 516 g/mol. The minimum absolute atomic E-state index is 0.000894. The van der Waals surface area contributed by atoms with E-state index in [0.717, 1.165) is 27.3 Å². The van der Waals surface area contributed by atoms with E-state index in [-0.39, 0.29) is 11.4 Å². The number of para-hydroxylation sites is 1. The number of benzene rings is 2. The summed E-state index contributed by atoms with van der Waals surface area (Å²) in [5, 5.41) is 15.5. The summed E-state index contributed by atoms with van der Waals surface area (Å²) in [6, 6.07) is 13.3. The zero-order chi connectivity index (χ0) is 24.1. The smallest absolute Gasteiger partial charge is 0.283 e. The maximum atomic E-state index is 12.7. The number of allylic oxidation sites excluding steroid dienone is 1. The molecule has 0 spiro atoms. The average Bonchev–Trinajstić information content (AvgIpc) is 3.25. The van der Waals surface area contributed by atoms with Crippen molar-refractivity contribution in [2.45, 2.75) is 19.8 Å². The van der Waals surface area contributed by atoms with Gasteiger partial charge in [-0.25, -0.2) is 0 Å². The third-order valence-electron chi connectivity index (χ3n) is 5.01. The molecule has 174 valence electrons. The number of nitrogens with zero attached hydrogens (tertiary/aromatic N) is 3. The molecule has 0 radical (unpaired) electrons. The van der Waals surface area contributed by atoms with E-state index in [4.69, 9.17) is 14.9 Å². The van der Waals surface area contributed by atoms with Crippen LogP contribution in [-0.2, 0) is 11.2 Å². The third kappa shape index (κ3) is 5.31. The van der Waals surface area contributed by atoms with E-state index < -0.39 is 5.91 Å². The number of hydrogen-bond donors (Lipinski definition) is 1. The first-order valence-electron chi connectivity index (χ1n) is 10.7. The number of hydrazone groups is 1. The van der Waals surface area contributed by atoms with Crippen LogP contribution in [0.1, 0.15) is 24.5 Å². The zero-order valence-electron chi connectivity index (χ0n) is 18.6. The van der Waals surface area contributed by atoms with Crippen LogP contribution in [0.5, 0.6) is 11.5 Å². The molecule has 4 rings (SSSR count). The number of rotatable bonds is 9. The highest BCUT2D eigenvalue weighted by Gasteiger charge is 2.35. The minimum Gasteiger partial charge on any atom is -0.490 e. The van der Waals surface area contributed by atoms with Crippen molar-refractivity contribution in [3.05, 3.63) is 76.3 Å². The fraction of sp³-hybridized carbons (Fsp3) is 0.200.